The lowest BCUT2D eigenvalue weighted by molar-refractivity contribution is -0.443. The molecule has 16 heteroatoms. The fraction of sp³-hybridized carbons (Fsp3) is 0.635. The quantitative estimate of drug-likeness (QED) is 0.0272. The number of hydrogen-bond acceptors (Lipinski definition) is 9. The fourth-order valence-corrected chi connectivity index (χ4v) is 10.9. The highest BCUT2D eigenvalue weighted by molar-refractivity contribution is 7.86. The fourth-order valence-electron chi connectivity index (χ4n) is 9.87. The SMILES string of the molecule is CC(C)(/C=C/C(C)(C)C1=[N+](CCCCCC(=O)NC(C)(C)CCOC(C)(C)C)c2ccc(S(=O)(=O)O)cc2C1(C)CCCCCC(=O)O)/C=C1/N(CCCO)c2ccc(S(=O)(=O)O)cc2C1(C)C. The monoisotopic (exact) mass is 987 g/mol. The Balaban J connectivity index is 1.74. The summed E-state index contributed by atoms with van der Waals surface area (Å²) in [4.78, 5) is 26.2. The lowest BCUT2D eigenvalue weighted by Gasteiger charge is -2.33. The van der Waals surface area contributed by atoms with E-state index in [2.05, 4.69) is 67.6 Å². The van der Waals surface area contributed by atoms with Crippen molar-refractivity contribution in [3.05, 3.63) is 71.5 Å². The summed E-state index contributed by atoms with van der Waals surface area (Å²) in [5, 5.41) is 22.4. The summed E-state index contributed by atoms with van der Waals surface area (Å²) < 4.78 is 78.0. The third-order valence-corrected chi connectivity index (χ3v) is 15.0. The van der Waals surface area contributed by atoms with Crippen molar-refractivity contribution in [2.75, 3.05) is 31.2 Å². The van der Waals surface area contributed by atoms with Crippen LogP contribution in [0.5, 0.6) is 0 Å². The lowest BCUT2D eigenvalue weighted by Crippen LogP contribution is -2.44. The van der Waals surface area contributed by atoms with E-state index in [9.17, 15) is 45.7 Å². The normalized spacial score (nSPS) is 18.5. The van der Waals surface area contributed by atoms with Crippen LogP contribution in [0.1, 0.15) is 165 Å². The standard InChI is InChI=1S/C52H79N3O11S2/c1-47(2,3)66-33-29-50(8,9)53-44(57)20-15-14-18-30-55-42-25-23-38(68(63,64)65)35-40(42)52(12,26-17-13-16-21-45(58)59)46(55)49(6,7)28-27-48(4,5)36-43-51(10,11)39-34-37(67(60,61)62)22-24-41(39)54(43)31-19-32-56/h22-25,27-28,34-36,56H,13-21,26,29-33H2,1-12H3,(H3-,53,57,58,59,60,61,62,63,64,65)/p+1/b28-27+,43-36+. The molecule has 380 valence electrons. The highest BCUT2D eigenvalue weighted by atomic mass is 32.2. The van der Waals surface area contributed by atoms with E-state index >= 15 is 0 Å². The molecule has 0 aliphatic carbocycles. The minimum Gasteiger partial charge on any atom is -0.481 e. The molecule has 0 saturated carbocycles. The second kappa shape index (κ2) is 21.6. The number of benzene rings is 2. The van der Waals surface area contributed by atoms with Crippen LogP contribution in [0.4, 0.5) is 11.4 Å². The molecule has 0 radical (unpaired) electrons. The molecule has 0 aromatic heterocycles. The van der Waals surface area contributed by atoms with Gasteiger partial charge in [-0.2, -0.15) is 21.4 Å². The smallest absolute Gasteiger partial charge is 0.303 e. The van der Waals surface area contributed by atoms with Crippen LogP contribution in [-0.2, 0) is 45.4 Å². The van der Waals surface area contributed by atoms with Crippen molar-refractivity contribution < 1.29 is 55.1 Å². The Morgan fingerprint density at radius 1 is 0.779 bits per heavy atom. The maximum atomic E-state index is 13.1. The zero-order valence-electron chi connectivity index (χ0n) is 42.7. The predicted molar refractivity (Wildman–Crippen MR) is 268 cm³/mol. The molecular weight excluding hydrogens is 907 g/mol. The molecule has 1 amide bonds. The Bertz CT molecular complexity index is 2480. The molecule has 0 spiro atoms. The zero-order chi connectivity index (χ0) is 51.3. The van der Waals surface area contributed by atoms with E-state index in [0.717, 1.165) is 46.8 Å². The third-order valence-electron chi connectivity index (χ3n) is 13.3. The van der Waals surface area contributed by atoms with Crippen molar-refractivity contribution >= 4 is 49.2 Å². The maximum absolute atomic E-state index is 13.1. The molecule has 5 N–H and O–H groups in total. The number of hydrogen-bond donors (Lipinski definition) is 5. The minimum atomic E-state index is -4.55. The van der Waals surface area contributed by atoms with Gasteiger partial charge in [0.2, 0.25) is 11.6 Å². The van der Waals surface area contributed by atoms with E-state index in [1.807, 2.05) is 48.5 Å². The number of unbranched alkanes of at least 4 members (excludes halogenated alkanes) is 4. The van der Waals surface area contributed by atoms with Crippen LogP contribution in [0.25, 0.3) is 0 Å². The Morgan fingerprint density at radius 3 is 1.96 bits per heavy atom. The number of amides is 1. The van der Waals surface area contributed by atoms with Gasteiger partial charge in [0, 0.05) is 78.4 Å². The first-order valence-electron chi connectivity index (χ1n) is 24.0. The van der Waals surface area contributed by atoms with Gasteiger partial charge in [-0.15, -0.1) is 0 Å². The molecule has 2 heterocycles. The lowest BCUT2D eigenvalue weighted by atomic mass is 9.66. The molecule has 0 fully saturated rings. The molecule has 2 aromatic rings. The van der Waals surface area contributed by atoms with Gasteiger partial charge in [-0.1, -0.05) is 58.8 Å². The van der Waals surface area contributed by atoms with E-state index < -0.39 is 53.4 Å². The number of aliphatic hydroxyl groups is 1. The van der Waals surface area contributed by atoms with E-state index in [0.29, 0.717) is 71.1 Å². The predicted octanol–water partition coefficient (Wildman–Crippen LogP) is 9.90. The number of carbonyl (C=O) groups excluding carboxylic acids is 1. The van der Waals surface area contributed by atoms with E-state index in [1.165, 1.54) is 18.2 Å². The van der Waals surface area contributed by atoms with E-state index in [4.69, 9.17) is 4.74 Å². The molecule has 68 heavy (non-hydrogen) atoms. The first-order chi connectivity index (χ1) is 31.2. The first kappa shape index (κ1) is 56.7. The molecule has 1 unspecified atom stereocenters. The summed E-state index contributed by atoms with van der Waals surface area (Å²) in [5.74, 6) is -0.885. The van der Waals surface area contributed by atoms with Crippen molar-refractivity contribution in [2.45, 2.75) is 185 Å². The largest absolute Gasteiger partial charge is 0.481 e. The van der Waals surface area contributed by atoms with Crippen molar-refractivity contribution in [3.63, 3.8) is 0 Å². The number of aliphatic hydroxyl groups excluding tert-OH is 1. The molecule has 4 rings (SSSR count). The number of fused-ring (bicyclic) bond motifs is 2. The van der Waals surface area contributed by atoms with Gasteiger partial charge in [-0.3, -0.25) is 18.7 Å². The van der Waals surface area contributed by atoms with Gasteiger partial charge in [0.25, 0.3) is 20.2 Å². The Labute approximate surface area is 406 Å². The average Bonchev–Trinajstić information content (AvgIpc) is 3.56. The summed E-state index contributed by atoms with van der Waals surface area (Å²) >= 11 is 0. The van der Waals surface area contributed by atoms with Crippen molar-refractivity contribution in [3.8, 4) is 0 Å². The van der Waals surface area contributed by atoms with Crippen molar-refractivity contribution in [1.29, 1.82) is 0 Å². The van der Waals surface area contributed by atoms with Crippen molar-refractivity contribution in [2.24, 2.45) is 10.8 Å². The molecule has 2 aliphatic heterocycles. The van der Waals surface area contributed by atoms with Crippen LogP contribution in [-0.4, -0.2) is 95.8 Å². The molecule has 1 atom stereocenters. The number of aliphatic carboxylic acids is 1. The second-order valence-corrected chi connectivity index (χ2v) is 25.2. The van der Waals surface area contributed by atoms with Gasteiger partial charge in [0.05, 0.1) is 26.2 Å². The summed E-state index contributed by atoms with van der Waals surface area (Å²) in [6.07, 6.45) is 12.6. The van der Waals surface area contributed by atoms with E-state index in [1.54, 1.807) is 18.2 Å². The zero-order valence-corrected chi connectivity index (χ0v) is 44.3. The highest BCUT2D eigenvalue weighted by Crippen LogP contribution is 2.51. The molecule has 14 nitrogen and oxygen atoms in total. The molecule has 2 aromatic carbocycles. The van der Waals surface area contributed by atoms with Crippen LogP contribution >= 0.6 is 0 Å². The van der Waals surface area contributed by atoms with Crippen LogP contribution in [0.3, 0.4) is 0 Å². The number of carboxylic acid groups (broad SMARTS) is 1. The average molecular weight is 987 g/mol. The summed E-state index contributed by atoms with van der Waals surface area (Å²) in [7, 11) is -9.01. The van der Waals surface area contributed by atoms with Crippen LogP contribution in [0.2, 0.25) is 0 Å². The molecule has 2 aliphatic rings. The van der Waals surface area contributed by atoms with Gasteiger partial charge in [0.15, 0.2) is 5.71 Å². The number of ether oxygens (including phenoxy) is 1. The number of allylic oxidation sites excluding steroid dienone is 4. The Morgan fingerprint density at radius 2 is 1.37 bits per heavy atom. The topological polar surface area (TPSA) is 211 Å². The van der Waals surface area contributed by atoms with Crippen molar-refractivity contribution in [1.82, 2.24) is 5.32 Å². The Hall–Kier alpha value is -3.93. The second-order valence-electron chi connectivity index (χ2n) is 22.3. The van der Waals surface area contributed by atoms with Gasteiger partial charge < -0.3 is 25.2 Å². The summed E-state index contributed by atoms with van der Waals surface area (Å²) in [6.45, 7) is 26.1. The van der Waals surface area contributed by atoms with Gasteiger partial charge >= 0.3 is 5.97 Å². The number of nitrogens with zero attached hydrogens (tertiary/aromatic N) is 2. The van der Waals surface area contributed by atoms with Crippen LogP contribution in [0, 0.1) is 10.8 Å². The van der Waals surface area contributed by atoms with Crippen LogP contribution in [0.15, 0.2) is 70.1 Å². The number of rotatable bonds is 25. The van der Waals surface area contributed by atoms with E-state index in [-0.39, 0.29) is 34.3 Å². The number of carbonyl (C=O) groups is 2. The first-order valence-corrected chi connectivity index (χ1v) is 26.9. The van der Waals surface area contributed by atoms with Gasteiger partial charge in [-0.05, 0) is 130 Å². The Kier molecular flexibility index (Phi) is 18.0. The van der Waals surface area contributed by atoms with Crippen LogP contribution < -0.4 is 10.2 Å². The molecular formula is C52H80N3O11S2+. The molecule has 0 bridgehead atoms. The number of anilines is 1. The third kappa shape index (κ3) is 14.6. The summed E-state index contributed by atoms with van der Waals surface area (Å²) in [5.41, 5.74) is 1.70. The number of nitrogens with one attached hydrogen (secondary N) is 1. The summed E-state index contributed by atoms with van der Waals surface area (Å²) in [6, 6.07) is 9.37. The highest BCUT2D eigenvalue weighted by Gasteiger charge is 2.54. The number of carboxylic acids is 1. The van der Waals surface area contributed by atoms with Gasteiger partial charge in [-0.25, -0.2) is 0 Å². The van der Waals surface area contributed by atoms with Gasteiger partial charge in [0.1, 0.15) is 6.54 Å². The molecule has 0 saturated heterocycles. The minimum absolute atomic E-state index is 0.0224. The maximum Gasteiger partial charge on any atom is 0.303 e.